The summed E-state index contributed by atoms with van der Waals surface area (Å²) in [6, 6.07) is 11.9. The molecule has 11 nitrogen and oxygen atoms in total. The lowest BCUT2D eigenvalue weighted by atomic mass is 10.1. The number of morpholine rings is 1. The van der Waals surface area contributed by atoms with Crippen molar-refractivity contribution >= 4 is 50.1 Å². The Balaban J connectivity index is 1.44. The maximum atomic E-state index is 13.0. The van der Waals surface area contributed by atoms with Crippen LogP contribution in [-0.4, -0.2) is 72.6 Å². The van der Waals surface area contributed by atoms with Gasteiger partial charge in [-0.05, 0) is 48.2 Å². The van der Waals surface area contributed by atoms with E-state index < -0.39 is 33.6 Å². The van der Waals surface area contributed by atoms with Crippen LogP contribution in [0.1, 0.15) is 20.7 Å². The number of fused-ring (bicyclic) bond motifs is 1. The highest BCUT2D eigenvalue weighted by Crippen LogP contribution is 2.34. The number of nitriles is 1. The van der Waals surface area contributed by atoms with E-state index in [4.69, 9.17) is 10.00 Å². The number of halogens is 1. The van der Waals surface area contributed by atoms with Gasteiger partial charge in [-0.15, -0.1) is 0 Å². The minimum Gasteiger partial charge on any atom is -0.378 e. The second-order valence-corrected chi connectivity index (χ2v) is 11.2. The average Bonchev–Trinajstić information content (AvgIpc) is 3.14. The number of nitrogens with one attached hydrogen (secondary N) is 1. The summed E-state index contributed by atoms with van der Waals surface area (Å²) >= 11 is 0.573. The van der Waals surface area contributed by atoms with Gasteiger partial charge in [0.15, 0.2) is 0 Å². The first-order valence-electron chi connectivity index (χ1n) is 11.7. The van der Waals surface area contributed by atoms with E-state index in [9.17, 15) is 22.4 Å². The second-order valence-electron chi connectivity index (χ2n) is 8.45. The van der Waals surface area contributed by atoms with Gasteiger partial charge in [-0.3, -0.25) is 9.59 Å². The first-order chi connectivity index (χ1) is 18.8. The number of nitrogens with zero attached hydrogens (tertiary/aromatic N) is 5. The number of aromatic nitrogens is 2. The summed E-state index contributed by atoms with van der Waals surface area (Å²) in [6.45, 7) is 1.69. The summed E-state index contributed by atoms with van der Waals surface area (Å²) in [5.74, 6) is -0.575. The number of anilines is 3. The fourth-order valence-corrected chi connectivity index (χ4v) is 6.26. The van der Waals surface area contributed by atoms with Crippen LogP contribution in [0.4, 0.5) is 21.7 Å². The zero-order valence-electron chi connectivity index (χ0n) is 20.3. The van der Waals surface area contributed by atoms with E-state index in [1.807, 2.05) is 4.90 Å². The molecule has 0 saturated carbocycles. The maximum Gasteiger partial charge on any atom is 0.269 e. The Morgan fingerprint density at radius 3 is 2.72 bits per heavy atom. The van der Waals surface area contributed by atoms with Gasteiger partial charge in [0.25, 0.3) is 15.9 Å². The molecular weight excluding hydrogens is 547 g/mol. The fourth-order valence-electron chi connectivity index (χ4n) is 4.35. The largest absolute Gasteiger partial charge is 0.378 e. The zero-order chi connectivity index (χ0) is 27.6. The van der Waals surface area contributed by atoms with E-state index in [1.54, 1.807) is 36.4 Å². The third-order valence-electron chi connectivity index (χ3n) is 6.18. The van der Waals surface area contributed by atoms with E-state index in [2.05, 4.69) is 15.3 Å². The lowest BCUT2D eigenvalue weighted by Crippen LogP contribution is -2.37. The zero-order valence-corrected chi connectivity index (χ0v) is 22.0. The molecule has 39 heavy (non-hydrogen) atoms. The van der Waals surface area contributed by atoms with E-state index in [0.29, 0.717) is 70.6 Å². The second kappa shape index (κ2) is 11.0. The first-order valence-corrected chi connectivity index (χ1v) is 14.1. The van der Waals surface area contributed by atoms with Gasteiger partial charge in [0.05, 0.1) is 36.1 Å². The van der Waals surface area contributed by atoms with Crippen LogP contribution in [0.5, 0.6) is 0 Å². The molecule has 5 rings (SSSR count). The van der Waals surface area contributed by atoms with E-state index in [0.717, 1.165) is 0 Å². The number of benzene rings is 2. The van der Waals surface area contributed by atoms with Gasteiger partial charge >= 0.3 is 0 Å². The normalized spacial score (nSPS) is 16.1. The molecule has 2 aliphatic heterocycles. The quantitative estimate of drug-likeness (QED) is 0.419. The topological polar surface area (TPSA) is 146 Å². The van der Waals surface area contributed by atoms with Crippen LogP contribution in [0.3, 0.4) is 0 Å². The maximum absolute atomic E-state index is 13.0. The van der Waals surface area contributed by atoms with Crippen molar-refractivity contribution in [2.45, 2.75) is 4.90 Å². The number of thioether (sulfide) groups is 1. The number of alkyl halides is 1. The van der Waals surface area contributed by atoms with E-state index >= 15 is 0 Å². The molecule has 0 atom stereocenters. The number of carbonyl (C=O) groups excluding carboxylic acids is 2. The fraction of sp³-hybridized carbons (Fsp3) is 0.240. The van der Waals surface area contributed by atoms with Crippen molar-refractivity contribution in [3.8, 4) is 17.3 Å². The summed E-state index contributed by atoms with van der Waals surface area (Å²) in [7, 11) is -4.15. The molecule has 3 aromatic rings. The van der Waals surface area contributed by atoms with Gasteiger partial charge in [-0.1, -0.05) is 6.07 Å². The van der Waals surface area contributed by atoms with Gasteiger partial charge in [0.1, 0.15) is 17.4 Å². The molecule has 0 spiro atoms. The minimum atomic E-state index is -4.15. The lowest BCUT2D eigenvalue weighted by molar-refractivity contribution is 0.0881. The smallest absolute Gasteiger partial charge is 0.269 e. The van der Waals surface area contributed by atoms with Crippen molar-refractivity contribution in [1.29, 1.82) is 5.26 Å². The lowest BCUT2D eigenvalue weighted by Gasteiger charge is -2.30. The van der Waals surface area contributed by atoms with Crippen molar-refractivity contribution in [3.63, 3.8) is 0 Å². The van der Waals surface area contributed by atoms with E-state index in [1.165, 1.54) is 18.3 Å². The van der Waals surface area contributed by atoms with Gasteiger partial charge in [-0.25, -0.2) is 27.1 Å². The van der Waals surface area contributed by atoms with Gasteiger partial charge in [-0.2, -0.15) is 5.26 Å². The molecule has 200 valence electrons. The molecule has 1 aromatic heterocycles. The minimum absolute atomic E-state index is 0.00916. The third-order valence-corrected chi connectivity index (χ3v) is 8.54. The number of hydrogen-bond donors (Lipinski definition) is 1. The number of hydrogen-bond acceptors (Lipinski definition) is 11. The van der Waals surface area contributed by atoms with Crippen molar-refractivity contribution in [2.24, 2.45) is 0 Å². The molecule has 1 N–H and O–H groups in total. The molecule has 0 radical (unpaired) electrons. The summed E-state index contributed by atoms with van der Waals surface area (Å²) in [5, 5.41) is 11.6. The summed E-state index contributed by atoms with van der Waals surface area (Å²) in [4.78, 5) is 35.7. The van der Waals surface area contributed by atoms with Gasteiger partial charge < -0.3 is 15.0 Å². The van der Waals surface area contributed by atoms with Crippen LogP contribution < -0.4 is 10.2 Å². The standard InChI is InChI=1S/C25H21FN6O5S2/c26-15-38-24(34)19-14-17(2-4-21(19)31-9-11-37-12-10-31)29-25-28-7-5-20(30-25)16-1-3-18-22(13-16)39(35,36)32(8-6-27)23(18)33/h1-5,7,13-14H,8-12,15H2,(H,28,29,30). The van der Waals surface area contributed by atoms with Crippen molar-refractivity contribution in [3.05, 3.63) is 59.8 Å². The number of sulfonamides is 1. The highest BCUT2D eigenvalue weighted by atomic mass is 32.2. The molecule has 2 aromatic carbocycles. The van der Waals surface area contributed by atoms with E-state index in [-0.39, 0.29) is 16.4 Å². The van der Waals surface area contributed by atoms with Crippen LogP contribution >= 0.6 is 11.8 Å². The van der Waals surface area contributed by atoms with Crippen LogP contribution in [0.15, 0.2) is 53.6 Å². The predicted octanol–water partition coefficient (Wildman–Crippen LogP) is 3.19. The Morgan fingerprint density at radius 1 is 1.18 bits per heavy atom. The molecule has 1 saturated heterocycles. The highest BCUT2D eigenvalue weighted by Gasteiger charge is 2.41. The van der Waals surface area contributed by atoms with Crippen molar-refractivity contribution in [2.75, 3.05) is 49.1 Å². The Hall–Kier alpha value is -4.06. The van der Waals surface area contributed by atoms with Crippen LogP contribution in [0.25, 0.3) is 11.3 Å². The summed E-state index contributed by atoms with van der Waals surface area (Å²) < 4.78 is 44.5. The number of rotatable bonds is 7. The molecule has 0 bridgehead atoms. The Morgan fingerprint density at radius 2 is 1.97 bits per heavy atom. The molecule has 0 unspecified atom stereocenters. The monoisotopic (exact) mass is 568 g/mol. The highest BCUT2D eigenvalue weighted by molar-refractivity contribution is 8.14. The van der Waals surface area contributed by atoms with Crippen LogP contribution in [0.2, 0.25) is 0 Å². The van der Waals surface area contributed by atoms with Crippen molar-refractivity contribution < 1.29 is 27.1 Å². The third kappa shape index (κ3) is 5.16. The summed E-state index contributed by atoms with van der Waals surface area (Å²) in [5.41, 5.74) is 2.32. The summed E-state index contributed by atoms with van der Waals surface area (Å²) in [6.07, 6.45) is 1.48. The molecule has 3 heterocycles. The Labute approximate surface area is 227 Å². The Kier molecular flexibility index (Phi) is 7.47. The molecule has 14 heteroatoms. The molecule has 1 amide bonds. The van der Waals surface area contributed by atoms with Crippen molar-refractivity contribution in [1.82, 2.24) is 14.3 Å². The van der Waals surface area contributed by atoms with Crippen LogP contribution in [-0.2, 0) is 14.8 Å². The Bertz CT molecular complexity index is 1600. The van der Waals surface area contributed by atoms with Gasteiger partial charge in [0.2, 0.25) is 11.1 Å². The van der Waals surface area contributed by atoms with Crippen LogP contribution in [0, 0.1) is 11.3 Å². The number of amides is 1. The predicted molar refractivity (Wildman–Crippen MR) is 142 cm³/mol. The molecule has 2 aliphatic rings. The molecule has 1 fully saturated rings. The first kappa shape index (κ1) is 26.5. The number of carbonyl (C=O) groups is 2. The average molecular weight is 569 g/mol. The van der Waals surface area contributed by atoms with Gasteiger partial charge in [0, 0.05) is 36.2 Å². The molecular formula is C25H21FN6O5S2. The molecule has 0 aliphatic carbocycles. The SMILES string of the molecule is N#CCN1C(=O)c2ccc(-c3ccnc(Nc4ccc(N5CCOCC5)c(C(=O)SCF)c4)n3)cc2S1(=O)=O. The number of ether oxygens (including phenoxy) is 1.